The first-order chi connectivity index (χ1) is 14.9. The van der Waals surface area contributed by atoms with Crippen LogP contribution in [0.1, 0.15) is 11.5 Å². The second-order valence-corrected chi connectivity index (χ2v) is 9.09. The molecule has 2 aliphatic heterocycles. The van der Waals surface area contributed by atoms with Gasteiger partial charge in [-0.05, 0) is 30.7 Å². The van der Waals surface area contributed by atoms with Gasteiger partial charge >= 0.3 is 5.97 Å². The number of allylic oxidation sites excluding steroid dienone is 1. The SMILES string of the molecule is Cc1cc(/C=C/C2=C(C(=O)O)N3C(=O)C(NC(=O)CSc4ccccc4)C3SC2)on1. The lowest BCUT2D eigenvalue weighted by molar-refractivity contribution is -0.150. The second-order valence-electron chi connectivity index (χ2n) is 6.94. The summed E-state index contributed by atoms with van der Waals surface area (Å²) in [6.45, 7) is 1.79. The number of hydrogen-bond donors (Lipinski definition) is 2. The smallest absolute Gasteiger partial charge is 0.352 e. The lowest BCUT2D eigenvalue weighted by Crippen LogP contribution is -2.70. The highest BCUT2D eigenvalue weighted by atomic mass is 32.2. The minimum Gasteiger partial charge on any atom is -0.477 e. The molecule has 4 rings (SSSR count). The third-order valence-corrected chi connectivity index (χ3v) is 7.04. The largest absolute Gasteiger partial charge is 0.477 e. The zero-order chi connectivity index (χ0) is 22.0. The van der Waals surface area contributed by atoms with Crippen molar-refractivity contribution in [1.29, 1.82) is 0 Å². The number of benzene rings is 1. The van der Waals surface area contributed by atoms with Crippen LogP contribution in [0.15, 0.2) is 63.2 Å². The van der Waals surface area contributed by atoms with Crippen molar-refractivity contribution in [3.63, 3.8) is 0 Å². The lowest BCUT2D eigenvalue weighted by atomic mass is 10.0. The van der Waals surface area contributed by atoms with Gasteiger partial charge in [-0.25, -0.2) is 4.79 Å². The van der Waals surface area contributed by atoms with Gasteiger partial charge in [0.1, 0.15) is 17.1 Å². The maximum absolute atomic E-state index is 12.7. The number of amides is 2. The number of carbonyl (C=O) groups is 3. The Morgan fingerprint density at radius 3 is 2.81 bits per heavy atom. The summed E-state index contributed by atoms with van der Waals surface area (Å²) in [5.41, 5.74) is 1.15. The van der Waals surface area contributed by atoms with E-state index < -0.39 is 23.3 Å². The fraction of sp³-hybridized carbons (Fsp3) is 0.238. The number of carboxylic acids is 1. The Balaban J connectivity index is 1.42. The van der Waals surface area contributed by atoms with Crippen LogP contribution in [0, 0.1) is 6.92 Å². The predicted octanol–water partition coefficient (Wildman–Crippen LogP) is 2.53. The highest BCUT2D eigenvalue weighted by molar-refractivity contribution is 8.00. The first-order valence-corrected chi connectivity index (χ1v) is 11.5. The second kappa shape index (κ2) is 9.03. The number of rotatable bonds is 7. The van der Waals surface area contributed by atoms with Gasteiger partial charge in [0.05, 0.1) is 11.4 Å². The van der Waals surface area contributed by atoms with E-state index in [0.29, 0.717) is 22.8 Å². The molecular formula is C21H19N3O5S2. The average Bonchev–Trinajstić information content (AvgIpc) is 3.19. The van der Waals surface area contributed by atoms with Crippen molar-refractivity contribution < 1.29 is 24.0 Å². The molecule has 0 bridgehead atoms. The van der Waals surface area contributed by atoms with Crippen LogP contribution >= 0.6 is 23.5 Å². The quantitative estimate of drug-likeness (QED) is 0.482. The number of nitrogens with zero attached hydrogens (tertiary/aromatic N) is 2. The Kier molecular flexibility index (Phi) is 6.19. The standard InChI is InChI=1S/C21H19N3O5S2/c1-12-9-14(29-23-12)8-7-13-10-31-20-17(19(26)24(20)18(13)21(27)28)22-16(25)11-30-15-5-3-2-4-6-15/h2-9,17,20H,10-11H2,1H3,(H,22,25)(H,27,28)/b8-7+. The molecule has 0 saturated carbocycles. The molecule has 3 heterocycles. The summed E-state index contributed by atoms with van der Waals surface area (Å²) in [7, 11) is 0. The van der Waals surface area contributed by atoms with Crippen LogP contribution in [0.4, 0.5) is 0 Å². The number of hydrogen-bond acceptors (Lipinski definition) is 7. The molecule has 2 atom stereocenters. The summed E-state index contributed by atoms with van der Waals surface area (Å²) in [5, 5.41) is 15.8. The van der Waals surface area contributed by atoms with E-state index in [1.165, 1.54) is 28.4 Å². The van der Waals surface area contributed by atoms with Crippen molar-refractivity contribution >= 4 is 47.4 Å². The highest BCUT2D eigenvalue weighted by Gasteiger charge is 2.53. The number of aromatic nitrogens is 1. The molecule has 31 heavy (non-hydrogen) atoms. The van der Waals surface area contributed by atoms with Gasteiger partial charge in [-0.15, -0.1) is 23.5 Å². The Labute approximate surface area is 186 Å². The van der Waals surface area contributed by atoms with Gasteiger partial charge in [0.25, 0.3) is 5.91 Å². The van der Waals surface area contributed by atoms with E-state index in [2.05, 4.69) is 10.5 Å². The van der Waals surface area contributed by atoms with E-state index in [1.807, 2.05) is 30.3 Å². The summed E-state index contributed by atoms with van der Waals surface area (Å²) in [6.07, 6.45) is 3.26. The number of fused-ring (bicyclic) bond motifs is 1. The van der Waals surface area contributed by atoms with Crippen LogP contribution in [0.3, 0.4) is 0 Å². The molecule has 2 unspecified atom stereocenters. The molecule has 10 heteroatoms. The predicted molar refractivity (Wildman–Crippen MR) is 117 cm³/mol. The van der Waals surface area contributed by atoms with E-state index >= 15 is 0 Å². The van der Waals surface area contributed by atoms with Crippen LogP contribution in [-0.2, 0) is 14.4 Å². The van der Waals surface area contributed by atoms with Gasteiger partial charge in [-0.2, -0.15) is 0 Å². The topological polar surface area (TPSA) is 113 Å². The summed E-state index contributed by atoms with van der Waals surface area (Å²) in [6, 6.07) is 10.5. The van der Waals surface area contributed by atoms with Crippen molar-refractivity contribution in [3.05, 3.63) is 65.2 Å². The summed E-state index contributed by atoms with van der Waals surface area (Å²) in [4.78, 5) is 39.1. The average molecular weight is 458 g/mol. The summed E-state index contributed by atoms with van der Waals surface area (Å²) in [5.74, 6) is -0.800. The minimum absolute atomic E-state index is 0.0644. The number of nitrogens with one attached hydrogen (secondary N) is 1. The van der Waals surface area contributed by atoms with Crippen LogP contribution < -0.4 is 5.32 Å². The zero-order valence-corrected chi connectivity index (χ0v) is 18.1. The maximum Gasteiger partial charge on any atom is 0.352 e. The zero-order valence-electron chi connectivity index (χ0n) is 16.5. The van der Waals surface area contributed by atoms with Crippen molar-refractivity contribution in [3.8, 4) is 0 Å². The molecular weight excluding hydrogens is 438 g/mol. The Morgan fingerprint density at radius 2 is 2.13 bits per heavy atom. The molecule has 0 spiro atoms. The molecule has 0 aliphatic carbocycles. The third-order valence-electron chi connectivity index (χ3n) is 4.72. The van der Waals surface area contributed by atoms with Crippen LogP contribution in [-0.4, -0.2) is 55.9 Å². The molecule has 2 aliphatic rings. The van der Waals surface area contributed by atoms with Crippen LogP contribution in [0.2, 0.25) is 0 Å². The third kappa shape index (κ3) is 4.54. The maximum atomic E-state index is 12.7. The van der Waals surface area contributed by atoms with Gasteiger partial charge in [-0.3, -0.25) is 14.5 Å². The Bertz CT molecular complexity index is 1080. The molecule has 2 aromatic rings. The highest BCUT2D eigenvalue weighted by Crippen LogP contribution is 2.40. The van der Waals surface area contributed by atoms with Crippen LogP contribution in [0.25, 0.3) is 6.08 Å². The van der Waals surface area contributed by atoms with Gasteiger partial charge in [0.2, 0.25) is 5.91 Å². The number of carboxylic acid groups (broad SMARTS) is 1. The molecule has 2 amide bonds. The van der Waals surface area contributed by atoms with E-state index in [0.717, 1.165) is 4.90 Å². The van der Waals surface area contributed by atoms with Crippen LogP contribution in [0.5, 0.6) is 0 Å². The Hall–Kier alpha value is -2.98. The fourth-order valence-corrected chi connectivity index (χ4v) is 5.35. The molecule has 1 fully saturated rings. The number of aryl methyl sites for hydroxylation is 1. The van der Waals surface area contributed by atoms with Gasteiger partial charge < -0.3 is 14.9 Å². The van der Waals surface area contributed by atoms with Crippen molar-refractivity contribution in [2.75, 3.05) is 11.5 Å². The monoisotopic (exact) mass is 457 g/mol. The van der Waals surface area contributed by atoms with Crippen molar-refractivity contribution in [2.24, 2.45) is 0 Å². The van der Waals surface area contributed by atoms with E-state index in [1.54, 1.807) is 25.1 Å². The molecule has 1 saturated heterocycles. The molecule has 2 N–H and O–H groups in total. The molecule has 0 radical (unpaired) electrons. The number of β-lactam (4-membered cyclic amide) rings is 1. The molecule has 1 aromatic carbocycles. The first kappa shape index (κ1) is 21.3. The van der Waals surface area contributed by atoms with Gasteiger partial charge in [0, 0.05) is 16.7 Å². The molecule has 1 aromatic heterocycles. The number of aliphatic carboxylic acids is 1. The normalized spacial score (nSPS) is 20.5. The van der Waals surface area contributed by atoms with Crippen molar-refractivity contribution in [2.45, 2.75) is 23.2 Å². The fourth-order valence-electron chi connectivity index (χ4n) is 3.30. The first-order valence-electron chi connectivity index (χ1n) is 9.44. The summed E-state index contributed by atoms with van der Waals surface area (Å²) >= 11 is 2.79. The van der Waals surface area contributed by atoms with Crippen molar-refractivity contribution in [1.82, 2.24) is 15.4 Å². The summed E-state index contributed by atoms with van der Waals surface area (Å²) < 4.78 is 5.11. The van der Waals surface area contributed by atoms with Gasteiger partial charge in [-0.1, -0.05) is 29.4 Å². The molecule has 8 nitrogen and oxygen atoms in total. The Morgan fingerprint density at radius 1 is 1.35 bits per heavy atom. The lowest BCUT2D eigenvalue weighted by Gasteiger charge is -2.49. The number of thioether (sulfide) groups is 2. The van der Waals surface area contributed by atoms with Gasteiger partial charge in [0.15, 0.2) is 5.76 Å². The molecule has 160 valence electrons. The van der Waals surface area contributed by atoms with E-state index in [9.17, 15) is 19.5 Å². The van der Waals surface area contributed by atoms with E-state index in [4.69, 9.17) is 4.52 Å². The van der Waals surface area contributed by atoms with E-state index in [-0.39, 0.29) is 17.4 Å². The number of carbonyl (C=O) groups excluding carboxylic acids is 2. The minimum atomic E-state index is -1.18.